The molecule has 2 N–H and O–H groups in total. The smallest absolute Gasteiger partial charge is 0.273 e. The molecule has 2 amide bonds. The monoisotopic (exact) mass is 296 g/mol. The van der Waals surface area contributed by atoms with E-state index >= 15 is 0 Å². The molecular weight excluding hydrogens is 276 g/mol. The summed E-state index contributed by atoms with van der Waals surface area (Å²) in [6, 6.07) is 0. The first-order chi connectivity index (χ1) is 9.38. The van der Waals surface area contributed by atoms with Crippen molar-refractivity contribution in [3.63, 3.8) is 0 Å². The minimum absolute atomic E-state index is 0.0704. The molecule has 0 unspecified atom stereocenters. The van der Waals surface area contributed by atoms with Crippen LogP contribution in [-0.4, -0.2) is 47.9 Å². The second-order valence-electron chi connectivity index (χ2n) is 5.78. The van der Waals surface area contributed by atoms with Crippen LogP contribution < -0.4 is 10.6 Å². The Balaban J connectivity index is 2.01. The van der Waals surface area contributed by atoms with Gasteiger partial charge in [0.25, 0.3) is 5.91 Å². The minimum Gasteiger partial charge on any atom is -0.335 e. The molecule has 1 aliphatic heterocycles. The van der Waals surface area contributed by atoms with Gasteiger partial charge in [-0.25, -0.2) is 4.98 Å². The Kier molecular flexibility index (Phi) is 4.39. The molecule has 2 rings (SSSR count). The highest BCUT2D eigenvalue weighted by Crippen LogP contribution is 2.21. The molecule has 1 aromatic heterocycles. The van der Waals surface area contributed by atoms with E-state index < -0.39 is 5.41 Å². The summed E-state index contributed by atoms with van der Waals surface area (Å²) in [6.07, 6.45) is 0. The Morgan fingerprint density at radius 3 is 2.60 bits per heavy atom. The molecule has 0 radical (unpaired) electrons. The van der Waals surface area contributed by atoms with Crippen molar-refractivity contribution in [3.8, 4) is 0 Å². The normalized spacial score (nSPS) is 16.1. The third kappa shape index (κ3) is 3.55. The van der Waals surface area contributed by atoms with Crippen molar-refractivity contribution in [2.24, 2.45) is 5.41 Å². The van der Waals surface area contributed by atoms with E-state index in [1.54, 1.807) is 10.3 Å². The van der Waals surface area contributed by atoms with E-state index in [2.05, 4.69) is 15.6 Å². The molecule has 6 nitrogen and oxygen atoms in total. The van der Waals surface area contributed by atoms with Crippen LogP contribution in [0.1, 0.15) is 31.3 Å². The van der Waals surface area contributed by atoms with Gasteiger partial charge in [0.2, 0.25) is 5.91 Å². The highest BCUT2D eigenvalue weighted by atomic mass is 32.1. The van der Waals surface area contributed by atoms with Crippen molar-refractivity contribution in [2.45, 2.75) is 20.8 Å². The number of carbonyl (C=O) groups excluding carboxylic acids is 2. The van der Waals surface area contributed by atoms with Gasteiger partial charge in [-0.1, -0.05) is 20.8 Å². The number of hydrogen-bond acceptors (Lipinski definition) is 5. The first-order valence-corrected chi connectivity index (χ1v) is 7.53. The van der Waals surface area contributed by atoms with Gasteiger partial charge in [-0.3, -0.25) is 9.59 Å². The number of thiazole rings is 1. The molecule has 2 heterocycles. The Hall–Kier alpha value is -1.47. The van der Waals surface area contributed by atoms with E-state index in [1.807, 2.05) is 20.8 Å². The van der Waals surface area contributed by atoms with Crippen LogP contribution in [0.5, 0.6) is 0 Å². The molecule has 1 fully saturated rings. The second kappa shape index (κ2) is 5.88. The summed E-state index contributed by atoms with van der Waals surface area (Å²) in [4.78, 5) is 30.1. The second-order valence-corrected chi connectivity index (χ2v) is 6.64. The lowest BCUT2D eigenvalue weighted by Crippen LogP contribution is -2.46. The molecule has 0 aliphatic carbocycles. The van der Waals surface area contributed by atoms with Gasteiger partial charge in [0.1, 0.15) is 5.69 Å². The van der Waals surface area contributed by atoms with Crippen molar-refractivity contribution >= 4 is 28.3 Å². The SMILES string of the molecule is CC(C)(C)C(=O)Nc1nc(C(=O)N2CCNCC2)cs1. The average Bonchev–Trinajstić information content (AvgIpc) is 2.86. The van der Waals surface area contributed by atoms with Crippen LogP contribution in [0.25, 0.3) is 0 Å². The summed E-state index contributed by atoms with van der Waals surface area (Å²) in [6.45, 7) is 8.52. The highest BCUT2D eigenvalue weighted by molar-refractivity contribution is 7.14. The first kappa shape index (κ1) is 14.9. The maximum Gasteiger partial charge on any atom is 0.273 e. The van der Waals surface area contributed by atoms with Crippen LogP contribution in [0, 0.1) is 5.41 Å². The zero-order chi connectivity index (χ0) is 14.8. The third-order valence-electron chi connectivity index (χ3n) is 3.03. The minimum atomic E-state index is -0.478. The van der Waals surface area contributed by atoms with Gasteiger partial charge in [-0.15, -0.1) is 11.3 Å². The van der Waals surface area contributed by atoms with Crippen molar-refractivity contribution in [3.05, 3.63) is 11.1 Å². The van der Waals surface area contributed by atoms with Gasteiger partial charge in [0, 0.05) is 37.0 Å². The predicted molar refractivity (Wildman–Crippen MR) is 79.0 cm³/mol. The number of hydrogen-bond donors (Lipinski definition) is 2. The average molecular weight is 296 g/mol. The lowest BCUT2D eigenvalue weighted by molar-refractivity contribution is -0.123. The molecular formula is C13H20N4O2S. The van der Waals surface area contributed by atoms with Crippen molar-refractivity contribution < 1.29 is 9.59 Å². The number of rotatable bonds is 2. The quantitative estimate of drug-likeness (QED) is 0.859. The van der Waals surface area contributed by atoms with E-state index in [0.29, 0.717) is 23.9 Å². The van der Waals surface area contributed by atoms with E-state index in [-0.39, 0.29) is 11.8 Å². The third-order valence-corrected chi connectivity index (χ3v) is 3.79. The zero-order valence-corrected chi connectivity index (χ0v) is 12.8. The van der Waals surface area contributed by atoms with Crippen molar-refractivity contribution in [2.75, 3.05) is 31.5 Å². The van der Waals surface area contributed by atoms with Crippen LogP contribution in [0.2, 0.25) is 0 Å². The number of anilines is 1. The zero-order valence-electron chi connectivity index (χ0n) is 12.0. The fourth-order valence-electron chi connectivity index (χ4n) is 1.74. The van der Waals surface area contributed by atoms with Crippen LogP contribution in [-0.2, 0) is 4.79 Å². The molecule has 0 spiro atoms. The van der Waals surface area contributed by atoms with E-state index in [1.165, 1.54) is 11.3 Å². The summed E-state index contributed by atoms with van der Waals surface area (Å²) >= 11 is 1.28. The lowest BCUT2D eigenvalue weighted by atomic mass is 9.96. The van der Waals surface area contributed by atoms with Crippen molar-refractivity contribution in [1.82, 2.24) is 15.2 Å². The van der Waals surface area contributed by atoms with Crippen LogP contribution in [0.3, 0.4) is 0 Å². The Bertz CT molecular complexity index is 501. The van der Waals surface area contributed by atoms with Gasteiger partial charge >= 0.3 is 0 Å². The molecule has 7 heteroatoms. The molecule has 20 heavy (non-hydrogen) atoms. The maximum atomic E-state index is 12.2. The summed E-state index contributed by atoms with van der Waals surface area (Å²) in [5, 5.41) is 8.12. The molecule has 1 saturated heterocycles. The number of carbonyl (C=O) groups is 2. The maximum absolute atomic E-state index is 12.2. The van der Waals surface area contributed by atoms with Gasteiger partial charge < -0.3 is 15.5 Å². The lowest BCUT2D eigenvalue weighted by Gasteiger charge is -2.26. The van der Waals surface area contributed by atoms with Crippen LogP contribution >= 0.6 is 11.3 Å². The number of nitrogens with one attached hydrogen (secondary N) is 2. The Labute approximate surface area is 122 Å². The predicted octanol–water partition coefficient (Wildman–Crippen LogP) is 1.17. The fourth-order valence-corrected chi connectivity index (χ4v) is 2.42. The van der Waals surface area contributed by atoms with Crippen LogP contribution in [0.4, 0.5) is 5.13 Å². The summed E-state index contributed by atoms with van der Waals surface area (Å²) in [5.74, 6) is -0.174. The molecule has 0 aromatic carbocycles. The van der Waals surface area contributed by atoms with E-state index in [0.717, 1.165) is 13.1 Å². The Morgan fingerprint density at radius 1 is 1.35 bits per heavy atom. The summed E-state index contributed by atoms with van der Waals surface area (Å²) < 4.78 is 0. The fraction of sp³-hybridized carbons (Fsp3) is 0.615. The Morgan fingerprint density at radius 2 is 2.00 bits per heavy atom. The number of aromatic nitrogens is 1. The largest absolute Gasteiger partial charge is 0.335 e. The van der Waals surface area contributed by atoms with Gasteiger partial charge in [-0.05, 0) is 0 Å². The molecule has 1 aromatic rings. The molecule has 1 aliphatic rings. The molecule has 0 saturated carbocycles. The van der Waals surface area contributed by atoms with E-state index in [4.69, 9.17) is 0 Å². The number of amides is 2. The van der Waals surface area contributed by atoms with Gasteiger partial charge in [0.05, 0.1) is 0 Å². The molecule has 0 atom stereocenters. The molecule has 0 bridgehead atoms. The topological polar surface area (TPSA) is 74.3 Å². The highest BCUT2D eigenvalue weighted by Gasteiger charge is 2.24. The summed E-state index contributed by atoms with van der Waals surface area (Å²) in [5.41, 5.74) is -0.0740. The van der Waals surface area contributed by atoms with Crippen molar-refractivity contribution in [1.29, 1.82) is 0 Å². The standard InChI is InChI=1S/C13H20N4O2S/c1-13(2,3)11(19)16-12-15-9(8-20-12)10(18)17-6-4-14-5-7-17/h8,14H,4-7H2,1-3H3,(H,15,16,19). The summed E-state index contributed by atoms with van der Waals surface area (Å²) in [7, 11) is 0. The van der Waals surface area contributed by atoms with Crippen LogP contribution in [0.15, 0.2) is 5.38 Å². The number of nitrogens with zero attached hydrogens (tertiary/aromatic N) is 2. The first-order valence-electron chi connectivity index (χ1n) is 6.65. The van der Waals surface area contributed by atoms with E-state index in [9.17, 15) is 9.59 Å². The number of piperazine rings is 1. The van der Waals surface area contributed by atoms with Gasteiger partial charge in [0.15, 0.2) is 5.13 Å². The molecule has 110 valence electrons. The van der Waals surface area contributed by atoms with Gasteiger partial charge in [-0.2, -0.15) is 0 Å².